The summed E-state index contributed by atoms with van der Waals surface area (Å²) in [7, 11) is 5.61. The molecule has 4 aromatic carbocycles. The van der Waals surface area contributed by atoms with Gasteiger partial charge in [0.05, 0.1) is 24.9 Å². The maximum atomic E-state index is 15.2. The minimum atomic E-state index is -1.04. The molecule has 3 atom stereocenters. The van der Waals surface area contributed by atoms with Gasteiger partial charge in [-0.05, 0) is 22.8 Å². The fourth-order valence-corrected chi connectivity index (χ4v) is 7.12. The first-order chi connectivity index (χ1) is 19.6. The quantitative estimate of drug-likeness (QED) is 0.227. The van der Waals surface area contributed by atoms with Crippen LogP contribution >= 0.6 is 11.8 Å². The van der Waals surface area contributed by atoms with E-state index in [9.17, 15) is 4.39 Å². The Hall–Kier alpha value is -3.46. The van der Waals surface area contributed by atoms with Crippen LogP contribution in [0.4, 0.5) is 8.78 Å². The first-order valence-electron chi connectivity index (χ1n) is 13.1. The minimum absolute atomic E-state index is 0.112. The average molecular weight is 552 g/mol. The van der Waals surface area contributed by atoms with E-state index in [4.69, 9.17) is 17.5 Å². The normalized spacial score (nSPS) is 23.5. The zero-order valence-electron chi connectivity index (χ0n) is 21.7. The molecule has 1 N–H and O–H groups in total. The monoisotopic (exact) mass is 552 g/mol. The van der Waals surface area contributed by atoms with Gasteiger partial charge in [0.25, 0.3) is 7.98 Å². The highest BCUT2D eigenvalue weighted by Crippen LogP contribution is 2.47. The van der Waals surface area contributed by atoms with Crippen molar-refractivity contribution in [2.75, 3.05) is 19.0 Å². The Kier molecular flexibility index (Phi) is 7.49. The van der Waals surface area contributed by atoms with Crippen molar-refractivity contribution in [3.63, 3.8) is 0 Å². The summed E-state index contributed by atoms with van der Waals surface area (Å²) in [5.41, 5.74) is 1.15. The lowest BCUT2D eigenvalue weighted by atomic mass is 9.77. The molecule has 0 unspecified atom stereocenters. The van der Waals surface area contributed by atoms with Crippen LogP contribution in [0.25, 0.3) is 0 Å². The molecule has 2 aliphatic rings. The molecular formula is C32H27BF2N2O2S. The number of nitrogens with one attached hydrogen (secondary N) is 1. The van der Waals surface area contributed by atoms with Crippen LogP contribution in [0.5, 0.6) is 0 Å². The molecule has 6 rings (SSSR count). The highest BCUT2D eigenvalue weighted by Gasteiger charge is 2.55. The summed E-state index contributed by atoms with van der Waals surface area (Å²) in [4.78, 5) is 3.83. The summed E-state index contributed by atoms with van der Waals surface area (Å²) < 4.78 is 43.0. The maximum Gasteiger partial charge on any atom is 0.263 e. The fourth-order valence-electron chi connectivity index (χ4n) is 5.96. The summed E-state index contributed by atoms with van der Waals surface area (Å²) in [5.74, 6) is -1.52. The molecule has 0 aliphatic carbocycles. The zero-order chi connectivity index (χ0) is 27.6. The van der Waals surface area contributed by atoms with Crippen molar-refractivity contribution in [3.05, 3.63) is 143 Å². The summed E-state index contributed by atoms with van der Waals surface area (Å²) in [5, 5.41) is 3.74. The van der Waals surface area contributed by atoms with Gasteiger partial charge in [-0.25, -0.2) is 8.78 Å². The van der Waals surface area contributed by atoms with Crippen LogP contribution in [0.2, 0.25) is 0 Å². The topological polar surface area (TPSA) is 42.9 Å². The molecule has 8 heteroatoms. The van der Waals surface area contributed by atoms with E-state index in [0.29, 0.717) is 10.9 Å². The lowest BCUT2D eigenvalue weighted by Gasteiger charge is -2.42. The van der Waals surface area contributed by atoms with Gasteiger partial charge in [0, 0.05) is 17.2 Å². The Morgan fingerprint density at radius 1 is 0.875 bits per heavy atom. The van der Waals surface area contributed by atoms with Crippen molar-refractivity contribution in [2.24, 2.45) is 10.8 Å². The van der Waals surface area contributed by atoms with E-state index >= 15 is 4.39 Å². The number of ether oxygens (including phenoxy) is 2. The Bertz CT molecular complexity index is 1400. The zero-order valence-corrected chi connectivity index (χ0v) is 22.5. The highest BCUT2D eigenvalue weighted by atomic mass is 32.2. The largest absolute Gasteiger partial charge is 0.373 e. The van der Waals surface area contributed by atoms with E-state index in [2.05, 4.69) is 46.6 Å². The van der Waals surface area contributed by atoms with Gasteiger partial charge in [-0.15, -0.1) is 0 Å². The first kappa shape index (κ1) is 26.8. The van der Waals surface area contributed by atoms with Gasteiger partial charge < -0.3 is 19.7 Å². The second-order valence-electron chi connectivity index (χ2n) is 9.99. The maximum absolute atomic E-state index is 15.2. The second-order valence-corrected chi connectivity index (χ2v) is 11.0. The molecule has 4 nitrogen and oxygen atoms in total. The predicted octanol–water partition coefficient (Wildman–Crippen LogP) is 5.96. The van der Waals surface area contributed by atoms with Gasteiger partial charge in [-0.1, -0.05) is 115 Å². The molecule has 0 amide bonds. The number of benzene rings is 4. The Labute approximate surface area is 238 Å². The van der Waals surface area contributed by atoms with Crippen LogP contribution in [0.3, 0.4) is 0 Å². The Balaban J connectivity index is 1.41. The van der Waals surface area contributed by atoms with Crippen molar-refractivity contribution in [1.82, 2.24) is 5.32 Å². The number of rotatable bonds is 7. The molecule has 0 bridgehead atoms. The number of fused-ring (bicyclic) bond motifs is 1. The Morgan fingerprint density at radius 2 is 1.45 bits per heavy atom. The smallest absolute Gasteiger partial charge is 0.263 e. The minimum Gasteiger partial charge on any atom is -0.373 e. The van der Waals surface area contributed by atoms with Crippen LogP contribution in [-0.2, 0) is 20.6 Å². The van der Waals surface area contributed by atoms with Crippen LogP contribution in [-0.4, -0.2) is 38.2 Å². The van der Waals surface area contributed by atoms with Crippen molar-refractivity contribution >= 4 is 24.9 Å². The molecule has 0 aromatic heterocycles. The molecule has 2 saturated heterocycles. The van der Waals surface area contributed by atoms with Crippen LogP contribution in [0, 0.1) is 17.6 Å². The van der Waals surface area contributed by atoms with E-state index in [0.717, 1.165) is 22.8 Å². The van der Waals surface area contributed by atoms with Gasteiger partial charge in [-0.2, -0.15) is 0 Å². The molecule has 2 fully saturated rings. The molecule has 2 aliphatic heterocycles. The molecule has 0 spiro atoms. The van der Waals surface area contributed by atoms with Crippen molar-refractivity contribution in [1.29, 1.82) is 0 Å². The molecular weight excluding hydrogens is 525 g/mol. The molecule has 2 radical (unpaired) electrons. The Morgan fingerprint density at radius 3 is 2.00 bits per heavy atom. The molecule has 200 valence electrons. The third-order valence-electron chi connectivity index (χ3n) is 7.89. The SMILES string of the molecule is [B]N=C1N[C@@]2(c3cccc(F)c3F)CO[C@H](COC(c3ccccc3)(c3ccccc3)c3ccccc3)[C@H]2CS1. The van der Waals surface area contributed by atoms with Gasteiger partial charge in [-0.3, -0.25) is 0 Å². The summed E-state index contributed by atoms with van der Waals surface area (Å²) >= 11 is 1.43. The van der Waals surface area contributed by atoms with Gasteiger partial charge in [0.1, 0.15) is 10.8 Å². The van der Waals surface area contributed by atoms with Crippen molar-refractivity contribution in [3.8, 4) is 0 Å². The molecule has 4 aromatic rings. The van der Waals surface area contributed by atoms with Crippen LogP contribution in [0.15, 0.2) is 114 Å². The predicted molar refractivity (Wildman–Crippen MR) is 155 cm³/mol. The molecule has 40 heavy (non-hydrogen) atoms. The lowest BCUT2D eigenvalue weighted by molar-refractivity contribution is -0.0536. The van der Waals surface area contributed by atoms with E-state index in [1.165, 1.54) is 17.8 Å². The van der Waals surface area contributed by atoms with E-state index < -0.39 is 28.9 Å². The number of thioether (sulfide) groups is 1. The second kappa shape index (κ2) is 11.2. The van der Waals surface area contributed by atoms with Crippen LogP contribution < -0.4 is 5.32 Å². The number of amidine groups is 1. The molecule has 2 heterocycles. The summed E-state index contributed by atoms with van der Waals surface area (Å²) in [6.07, 6.45) is -0.419. The average Bonchev–Trinajstić information content (AvgIpc) is 3.39. The first-order valence-corrected chi connectivity index (χ1v) is 14.1. The van der Waals surface area contributed by atoms with Crippen LogP contribution in [0.1, 0.15) is 22.3 Å². The van der Waals surface area contributed by atoms with E-state index in [1.807, 2.05) is 54.6 Å². The van der Waals surface area contributed by atoms with Gasteiger partial charge in [0.2, 0.25) is 0 Å². The number of nitrogens with zero attached hydrogens (tertiary/aromatic N) is 1. The third-order valence-corrected chi connectivity index (χ3v) is 8.90. The van der Waals surface area contributed by atoms with E-state index in [-0.39, 0.29) is 24.7 Å². The van der Waals surface area contributed by atoms with Crippen molar-refractivity contribution in [2.45, 2.75) is 17.2 Å². The lowest BCUT2D eigenvalue weighted by Crippen LogP contribution is -2.56. The van der Waals surface area contributed by atoms with Gasteiger partial charge in [0.15, 0.2) is 11.6 Å². The number of hydrogen-bond donors (Lipinski definition) is 1. The summed E-state index contributed by atoms with van der Waals surface area (Å²) in [6.45, 7) is 0.319. The number of hydrogen-bond acceptors (Lipinski definition) is 4. The van der Waals surface area contributed by atoms with Crippen molar-refractivity contribution < 1.29 is 18.3 Å². The summed E-state index contributed by atoms with van der Waals surface area (Å²) in [6, 6.07) is 34.5. The number of halogens is 2. The third kappa shape index (κ3) is 4.54. The highest BCUT2D eigenvalue weighted by molar-refractivity contribution is 8.13. The van der Waals surface area contributed by atoms with Gasteiger partial charge >= 0.3 is 0 Å². The van der Waals surface area contributed by atoms with E-state index in [1.54, 1.807) is 6.07 Å². The fraction of sp³-hybridized carbons (Fsp3) is 0.219. The standard InChI is InChI=1S/C32H27BF2N2O2S/c33-37-30-36-31(25-17-10-18-27(34)29(25)35)21-38-28(26(31)20-40-30)19-39-32(22-11-4-1-5-12-22,23-13-6-2-7-14-23)24-15-8-3-9-16-24/h1-18,26,28H,19-21H2,(H,36,37)/t26-,28-,31-/m1/s1. The molecule has 0 saturated carbocycles.